The molecule has 1 aliphatic heterocycles. The highest BCUT2D eigenvalue weighted by atomic mass is 35.5. The Kier molecular flexibility index (Phi) is 4.17. The lowest BCUT2D eigenvalue weighted by Crippen LogP contribution is -2.30. The summed E-state index contributed by atoms with van der Waals surface area (Å²) in [5, 5.41) is 0.616. The highest BCUT2D eigenvalue weighted by Gasteiger charge is 2.36. The number of aromatic nitrogens is 1. The fraction of sp³-hybridized carbons (Fsp3) is 0.278. The monoisotopic (exact) mass is 392 g/mol. The van der Waals surface area contributed by atoms with E-state index >= 15 is 0 Å². The van der Waals surface area contributed by atoms with Gasteiger partial charge in [0.05, 0.1) is 16.5 Å². The van der Waals surface area contributed by atoms with Crippen LogP contribution in [0.3, 0.4) is 0 Å². The summed E-state index contributed by atoms with van der Waals surface area (Å²) >= 11 is 5.94. The average molecular weight is 393 g/mol. The van der Waals surface area contributed by atoms with Crippen molar-refractivity contribution in [2.75, 3.05) is 6.54 Å². The molecule has 6 nitrogen and oxygen atoms in total. The van der Waals surface area contributed by atoms with Crippen LogP contribution in [0.4, 0.5) is 0 Å². The van der Waals surface area contributed by atoms with Gasteiger partial charge in [0.2, 0.25) is 10.0 Å². The average Bonchev–Trinajstić information content (AvgIpc) is 3.21. The van der Waals surface area contributed by atoms with Crippen LogP contribution >= 0.6 is 11.6 Å². The molecule has 3 aromatic rings. The van der Waals surface area contributed by atoms with Crippen LogP contribution in [0.25, 0.3) is 11.1 Å². The van der Waals surface area contributed by atoms with E-state index in [4.69, 9.17) is 16.0 Å². The van der Waals surface area contributed by atoms with Crippen molar-refractivity contribution in [1.82, 2.24) is 8.87 Å². The van der Waals surface area contributed by atoms with Crippen molar-refractivity contribution in [3.63, 3.8) is 0 Å². The zero-order chi connectivity index (χ0) is 18.5. The summed E-state index contributed by atoms with van der Waals surface area (Å²) in [4.78, 5) is 11.8. The van der Waals surface area contributed by atoms with E-state index in [0.29, 0.717) is 17.1 Å². The van der Waals surface area contributed by atoms with Crippen LogP contribution in [-0.2, 0) is 17.1 Å². The van der Waals surface area contributed by atoms with Crippen LogP contribution in [0.15, 0.2) is 56.6 Å². The lowest BCUT2D eigenvalue weighted by atomic mass is 10.1. The first-order valence-electron chi connectivity index (χ1n) is 8.25. The molecule has 1 fully saturated rings. The first-order chi connectivity index (χ1) is 12.4. The lowest BCUT2D eigenvalue weighted by molar-refractivity contribution is 0.396. The smallest absolute Gasteiger partial charge is 0.408 e. The Balaban J connectivity index is 1.75. The quantitative estimate of drug-likeness (QED) is 0.685. The van der Waals surface area contributed by atoms with E-state index in [9.17, 15) is 13.2 Å². The second-order valence-corrected chi connectivity index (χ2v) is 8.71. The van der Waals surface area contributed by atoms with Gasteiger partial charge in [0.25, 0.3) is 0 Å². The maximum Gasteiger partial charge on any atom is 0.419 e. The van der Waals surface area contributed by atoms with Gasteiger partial charge in [-0.2, -0.15) is 4.31 Å². The summed E-state index contributed by atoms with van der Waals surface area (Å²) in [6, 6.07) is 11.6. The van der Waals surface area contributed by atoms with Gasteiger partial charge in [-0.25, -0.2) is 13.2 Å². The molecule has 1 atom stereocenters. The van der Waals surface area contributed by atoms with E-state index in [1.165, 1.54) is 21.0 Å². The van der Waals surface area contributed by atoms with Gasteiger partial charge in [-0.05, 0) is 42.7 Å². The highest BCUT2D eigenvalue weighted by Crippen LogP contribution is 2.37. The second-order valence-electron chi connectivity index (χ2n) is 6.38. The molecule has 2 heterocycles. The van der Waals surface area contributed by atoms with E-state index in [1.54, 1.807) is 25.2 Å². The van der Waals surface area contributed by atoms with E-state index < -0.39 is 15.8 Å². The van der Waals surface area contributed by atoms with Crippen molar-refractivity contribution in [3.8, 4) is 0 Å². The minimum Gasteiger partial charge on any atom is -0.408 e. The molecule has 8 heteroatoms. The fourth-order valence-corrected chi connectivity index (χ4v) is 5.28. The molecule has 0 N–H and O–H groups in total. The molecule has 4 rings (SSSR count). The van der Waals surface area contributed by atoms with Crippen LogP contribution in [0.2, 0.25) is 5.02 Å². The van der Waals surface area contributed by atoms with Crippen molar-refractivity contribution in [3.05, 3.63) is 63.6 Å². The van der Waals surface area contributed by atoms with E-state index in [2.05, 4.69) is 0 Å². The molecule has 0 amide bonds. The van der Waals surface area contributed by atoms with Crippen LogP contribution in [0.5, 0.6) is 0 Å². The molecule has 0 spiro atoms. The van der Waals surface area contributed by atoms with Crippen molar-refractivity contribution < 1.29 is 12.8 Å². The van der Waals surface area contributed by atoms with Gasteiger partial charge >= 0.3 is 5.76 Å². The predicted molar refractivity (Wildman–Crippen MR) is 98.8 cm³/mol. The number of hydrogen-bond donors (Lipinski definition) is 0. The number of sulfonamides is 1. The minimum absolute atomic E-state index is 0.125. The summed E-state index contributed by atoms with van der Waals surface area (Å²) < 4.78 is 34.4. The molecule has 0 aliphatic carbocycles. The predicted octanol–water partition coefficient (Wildman–Crippen LogP) is 3.31. The number of benzene rings is 2. The summed E-state index contributed by atoms with van der Waals surface area (Å²) in [5.74, 6) is -0.519. The van der Waals surface area contributed by atoms with Crippen molar-refractivity contribution >= 4 is 32.7 Å². The molecule has 0 radical (unpaired) electrons. The molecule has 0 bridgehead atoms. The molecule has 0 saturated carbocycles. The summed E-state index contributed by atoms with van der Waals surface area (Å²) in [7, 11) is -2.13. The zero-order valence-corrected chi connectivity index (χ0v) is 15.6. The second kappa shape index (κ2) is 6.26. The number of halogens is 1. The molecule has 26 heavy (non-hydrogen) atoms. The number of rotatable bonds is 3. The van der Waals surface area contributed by atoms with Crippen LogP contribution < -0.4 is 5.76 Å². The Labute approximate surface area is 155 Å². The van der Waals surface area contributed by atoms with Gasteiger partial charge in [-0.15, -0.1) is 0 Å². The highest BCUT2D eigenvalue weighted by molar-refractivity contribution is 7.89. The fourth-order valence-electron chi connectivity index (χ4n) is 3.46. The summed E-state index contributed by atoms with van der Waals surface area (Å²) in [6.07, 6.45) is 1.54. The zero-order valence-electron chi connectivity index (χ0n) is 14.1. The van der Waals surface area contributed by atoms with Gasteiger partial charge in [0, 0.05) is 24.7 Å². The summed E-state index contributed by atoms with van der Waals surface area (Å²) in [5.41, 5.74) is 1.74. The first-order valence-corrected chi connectivity index (χ1v) is 10.1. The number of fused-ring (bicyclic) bond motifs is 1. The number of hydrogen-bond acceptors (Lipinski definition) is 4. The van der Waals surface area contributed by atoms with Crippen molar-refractivity contribution in [1.29, 1.82) is 0 Å². The molecular formula is C18H17ClN2O4S. The Bertz CT molecular complexity index is 1130. The SMILES string of the molecule is Cn1c(=O)oc2cc(S(=O)(=O)N3CCC[C@@H]3c3ccc(Cl)cc3)ccc21. The number of nitrogens with zero attached hydrogens (tertiary/aromatic N) is 2. The molecule has 1 saturated heterocycles. The van der Waals surface area contributed by atoms with Crippen molar-refractivity contribution in [2.24, 2.45) is 7.05 Å². The van der Waals surface area contributed by atoms with Gasteiger partial charge in [0.1, 0.15) is 0 Å². The third kappa shape index (κ3) is 2.76. The lowest BCUT2D eigenvalue weighted by Gasteiger charge is -2.24. The Hall–Kier alpha value is -2.09. The minimum atomic E-state index is -3.71. The Morgan fingerprint density at radius 2 is 1.88 bits per heavy atom. The maximum absolute atomic E-state index is 13.2. The van der Waals surface area contributed by atoms with Crippen LogP contribution in [0.1, 0.15) is 24.4 Å². The van der Waals surface area contributed by atoms with Gasteiger partial charge in [-0.3, -0.25) is 4.57 Å². The molecular weight excluding hydrogens is 376 g/mol. The third-order valence-corrected chi connectivity index (χ3v) is 6.98. The van der Waals surface area contributed by atoms with Crippen LogP contribution in [0, 0.1) is 0 Å². The first kappa shape index (κ1) is 17.3. The summed E-state index contributed by atoms with van der Waals surface area (Å²) in [6.45, 7) is 0.451. The van der Waals surface area contributed by atoms with Crippen LogP contribution in [-0.4, -0.2) is 23.8 Å². The van der Waals surface area contributed by atoms with Crippen molar-refractivity contribution in [2.45, 2.75) is 23.8 Å². The topological polar surface area (TPSA) is 72.5 Å². The number of oxazole rings is 1. The Morgan fingerprint density at radius 3 is 2.62 bits per heavy atom. The molecule has 1 aliphatic rings. The van der Waals surface area contributed by atoms with E-state index in [0.717, 1.165) is 18.4 Å². The third-order valence-electron chi connectivity index (χ3n) is 4.83. The molecule has 2 aromatic carbocycles. The molecule has 0 unspecified atom stereocenters. The Morgan fingerprint density at radius 1 is 1.15 bits per heavy atom. The normalized spacial score (nSPS) is 18.6. The van der Waals surface area contributed by atoms with Gasteiger partial charge < -0.3 is 4.42 Å². The molecule has 1 aromatic heterocycles. The number of aryl methyl sites for hydroxylation is 1. The standard InChI is InChI=1S/C18H17ClN2O4S/c1-20-16-9-8-14(11-17(16)25-18(20)22)26(23,24)21-10-2-3-15(21)12-4-6-13(19)7-5-12/h4-9,11,15H,2-3,10H2,1H3/t15-/m1/s1. The maximum atomic E-state index is 13.2. The van der Waals surface area contributed by atoms with E-state index in [-0.39, 0.29) is 16.5 Å². The van der Waals surface area contributed by atoms with Gasteiger partial charge in [0.15, 0.2) is 5.58 Å². The largest absolute Gasteiger partial charge is 0.419 e. The molecule has 136 valence electrons. The van der Waals surface area contributed by atoms with Gasteiger partial charge in [-0.1, -0.05) is 23.7 Å². The van der Waals surface area contributed by atoms with E-state index in [1.807, 2.05) is 12.1 Å².